The molecule has 118 valence electrons. The van der Waals surface area contributed by atoms with Crippen LogP contribution in [0.3, 0.4) is 0 Å². The van der Waals surface area contributed by atoms with Gasteiger partial charge in [-0.2, -0.15) is 0 Å². The molecule has 1 atom stereocenters. The lowest BCUT2D eigenvalue weighted by molar-refractivity contribution is -0.118. The van der Waals surface area contributed by atoms with Crippen LogP contribution >= 0.6 is 11.8 Å². The number of aryl methyl sites for hydroxylation is 1. The van der Waals surface area contributed by atoms with Gasteiger partial charge in [-0.05, 0) is 17.9 Å². The van der Waals surface area contributed by atoms with Gasteiger partial charge in [-0.1, -0.05) is 55.9 Å². The minimum Gasteiger partial charge on any atom is -0.355 e. The van der Waals surface area contributed by atoms with Gasteiger partial charge < -0.3 is 5.32 Å². The maximum Gasteiger partial charge on any atom is 0.230 e. The maximum atomic E-state index is 11.9. The van der Waals surface area contributed by atoms with Crippen LogP contribution in [0.25, 0.3) is 0 Å². The van der Waals surface area contributed by atoms with E-state index >= 15 is 0 Å². The molecule has 1 heterocycles. The van der Waals surface area contributed by atoms with E-state index in [0.717, 1.165) is 18.7 Å². The highest BCUT2D eigenvalue weighted by Gasteiger charge is 2.10. The number of rotatable bonds is 8. The second-order valence-electron chi connectivity index (χ2n) is 5.22. The van der Waals surface area contributed by atoms with Gasteiger partial charge in [-0.25, -0.2) is 4.98 Å². The number of nitrogens with zero attached hydrogens (tertiary/aromatic N) is 2. The summed E-state index contributed by atoms with van der Waals surface area (Å²) in [6.07, 6.45) is 1.91. The topological polar surface area (TPSA) is 70.7 Å². The summed E-state index contributed by atoms with van der Waals surface area (Å²) >= 11 is 1.36. The van der Waals surface area contributed by atoms with Crippen molar-refractivity contribution in [3.8, 4) is 0 Å². The second-order valence-corrected chi connectivity index (χ2v) is 6.16. The average Bonchev–Trinajstić information content (AvgIpc) is 2.99. The number of carbonyl (C=O) groups excluding carboxylic acids is 1. The monoisotopic (exact) mass is 318 g/mol. The lowest BCUT2D eigenvalue weighted by Gasteiger charge is -2.12. The zero-order valence-electron chi connectivity index (χ0n) is 13.0. The lowest BCUT2D eigenvalue weighted by atomic mass is 10.0. The van der Waals surface area contributed by atoms with Crippen molar-refractivity contribution in [3.05, 3.63) is 41.7 Å². The number of hydrogen-bond donors (Lipinski definition) is 2. The highest BCUT2D eigenvalue weighted by atomic mass is 32.2. The van der Waals surface area contributed by atoms with Gasteiger partial charge in [0, 0.05) is 13.0 Å². The zero-order chi connectivity index (χ0) is 15.8. The molecule has 1 amide bonds. The van der Waals surface area contributed by atoms with E-state index < -0.39 is 0 Å². The molecule has 6 heteroatoms. The summed E-state index contributed by atoms with van der Waals surface area (Å²) in [6, 6.07) is 10.2. The Hall–Kier alpha value is -1.82. The van der Waals surface area contributed by atoms with Crippen LogP contribution in [0.5, 0.6) is 0 Å². The summed E-state index contributed by atoms with van der Waals surface area (Å²) in [5.41, 5.74) is 1.23. The van der Waals surface area contributed by atoms with Crippen molar-refractivity contribution in [2.75, 3.05) is 12.3 Å². The van der Waals surface area contributed by atoms with Crippen molar-refractivity contribution in [1.29, 1.82) is 0 Å². The molecule has 0 fully saturated rings. The molecule has 0 aliphatic rings. The maximum absolute atomic E-state index is 11.9. The third kappa shape index (κ3) is 5.18. The Balaban J connectivity index is 1.71. The summed E-state index contributed by atoms with van der Waals surface area (Å²) in [5.74, 6) is 1.53. The number of H-pyrrole nitrogens is 1. The number of aromatic amines is 1. The Labute approximate surface area is 135 Å². The number of nitrogens with one attached hydrogen (secondary N) is 2. The Bertz CT molecular complexity index is 585. The van der Waals surface area contributed by atoms with Crippen molar-refractivity contribution < 1.29 is 4.79 Å². The Morgan fingerprint density at radius 3 is 2.86 bits per heavy atom. The van der Waals surface area contributed by atoms with Crippen molar-refractivity contribution >= 4 is 17.7 Å². The number of thioether (sulfide) groups is 1. The fraction of sp³-hybridized carbons (Fsp3) is 0.438. The summed E-state index contributed by atoms with van der Waals surface area (Å²) in [7, 11) is 0. The first kappa shape index (κ1) is 16.5. The number of hydrogen-bond acceptors (Lipinski definition) is 4. The summed E-state index contributed by atoms with van der Waals surface area (Å²) in [5, 5.41) is 10.6. The first-order valence-electron chi connectivity index (χ1n) is 7.54. The molecule has 5 nitrogen and oxygen atoms in total. The highest BCUT2D eigenvalue weighted by molar-refractivity contribution is 7.99. The van der Waals surface area contributed by atoms with Crippen LogP contribution in [0, 0.1) is 0 Å². The molecule has 0 bridgehead atoms. The Kier molecular flexibility index (Phi) is 6.45. The molecule has 0 radical (unpaired) electrons. The largest absolute Gasteiger partial charge is 0.355 e. The van der Waals surface area contributed by atoms with Crippen molar-refractivity contribution in [2.24, 2.45) is 0 Å². The van der Waals surface area contributed by atoms with Gasteiger partial charge in [0.05, 0.1) is 5.75 Å². The summed E-state index contributed by atoms with van der Waals surface area (Å²) in [4.78, 5) is 16.2. The number of aromatic nitrogens is 3. The Morgan fingerprint density at radius 2 is 2.14 bits per heavy atom. The van der Waals surface area contributed by atoms with E-state index in [-0.39, 0.29) is 5.91 Å². The quantitative estimate of drug-likeness (QED) is 0.734. The van der Waals surface area contributed by atoms with Gasteiger partial charge in [0.2, 0.25) is 11.1 Å². The van der Waals surface area contributed by atoms with Crippen LogP contribution in [0.1, 0.15) is 37.6 Å². The fourth-order valence-corrected chi connectivity index (χ4v) is 2.69. The van der Waals surface area contributed by atoms with Crippen molar-refractivity contribution in [3.63, 3.8) is 0 Å². The molecule has 0 saturated carbocycles. The molecule has 0 aliphatic carbocycles. The first-order valence-corrected chi connectivity index (χ1v) is 8.53. The Morgan fingerprint density at radius 1 is 1.36 bits per heavy atom. The molecule has 1 unspecified atom stereocenters. The van der Waals surface area contributed by atoms with Gasteiger partial charge in [-0.15, -0.1) is 5.10 Å². The number of benzene rings is 1. The van der Waals surface area contributed by atoms with Crippen molar-refractivity contribution in [1.82, 2.24) is 20.5 Å². The van der Waals surface area contributed by atoms with Gasteiger partial charge in [0.25, 0.3) is 0 Å². The molecule has 2 N–H and O–H groups in total. The smallest absolute Gasteiger partial charge is 0.230 e. The fourth-order valence-electron chi connectivity index (χ4n) is 2.04. The van der Waals surface area contributed by atoms with E-state index in [0.29, 0.717) is 23.4 Å². The van der Waals surface area contributed by atoms with Crippen molar-refractivity contribution in [2.45, 2.75) is 37.8 Å². The first-order chi connectivity index (χ1) is 10.7. The van der Waals surface area contributed by atoms with Crippen LogP contribution in [0.4, 0.5) is 0 Å². The van der Waals surface area contributed by atoms with Gasteiger partial charge >= 0.3 is 0 Å². The van der Waals surface area contributed by atoms with Crippen LogP contribution < -0.4 is 5.32 Å². The SMILES string of the molecule is CCCc1nc(SCC(=O)NCC(C)c2ccccc2)n[nH]1. The minimum atomic E-state index is 0.00891. The van der Waals surface area contributed by atoms with Gasteiger partial charge in [-0.3, -0.25) is 9.89 Å². The molecular weight excluding hydrogens is 296 g/mol. The van der Waals surface area contributed by atoms with E-state index in [4.69, 9.17) is 0 Å². The molecule has 2 aromatic rings. The van der Waals surface area contributed by atoms with E-state index in [1.165, 1.54) is 17.3 Å². The molecule has 0 aliphatic heterocycles. The summed E-state index contributed by atoms with van der Waals surface area (Å²) in [6.45, 7) is 4.84. The normalized spacial score (nSPS) is 12.1. The van der Waals surface area contributed by atoms with E-state index in [1.807, 2.05) is 18.2 Å². The molecule has 0 spiro atoms. The van der Waals surface area contributed by atoms with Crippen LogP contribution in [0.15, 0.2) is 35.5 Å². The predicted molar refractivity (Wildman–Crippen MR) is 89.0 cm³/mol. The van der Waals surface area contributed by atoms with E-state index in [2.05, 4.69) is 46.5 Å². The predicted octanol–water partition coefficient (Wildman–Crippen LogP) is 2.77. The molecule has 1 aromatic carbocycles. The van der Waals surface area contributed by atoms with E-state index in [9.17, 15) is 4.79 Å². The molecular formula is C16H22N4OS. The molecule has 1 aromatic heterocycles. The van der Waals surface area contributed by atoms with Gasteiger partial charge in [0.1, 0.15) is 5.82 Å². The standard InChI is InChI=1S/C16H22N4OS/c1-3-7-14-18-16(20-19-14)22-11-15(21)17-10-12(2)13-8-5-4-6-9-13/h4-6,8-9,12H,3,7,10-11H2,1-2H3,(H,17,21)(H,18,19,20). The van der Waals surface area contributed by atoms with E-state index in [1.54, 1.807) is 0 Å². The summed E-state index contributed by atoms with van der Waals surface area (Å²) < 4.78 is 0. The third-order valence-corrected chi connectivity index (χ3v) is 4.15. The molecule has 22 heavy (non-hydrogen) atoms. The number of carbonyl (C=O) groups is 1. The van der Waals surface area contributed by atoms with Crippen LogP contribution in [-0.2, 0) is 11.2 Å². The highest BCUT2D eigenvalue weighted by Crippen LogP contribution is 2.14. The number of amides is 1. The lowest BCUT2D eigenvalue weighted by Crippen LogP contribution is -2.29. The van der Waals surface area contributed by atoms with Gasteiger partial charge in [0.15, 0.2) is 0 Å². The molecule has 0 saturated heterocycles. The molecule has 2 rings (SSSR count). The van der Waals surface area contributed by atoms with Crippen LogP contribution in [0.2, 0.25) is 0 Å². The second kappa shape index (κ2) is 8.58. The average molecular weight is 318 g/mol. The third-order valence-electron chi connectivity index (χ3n) is 3.30. The minimum absolute atomic E-state index is 0.00891. The zero-order valence-corrected chi connectivity index (χ0v) is 13.8. The van der Waals surface area contributed by atoms with Crippen LogP contribution in [-0.4, -0.2) is 33.4 Å².